The van der Waals surface area contributed by atoms with Crippen LogP contribution in [0, 0.1) is 0 Å². The Kier molecular flexibility index (Phi) is 8.83. The van der Waals surface area contributed by atoms with Gasteiger partial charge in [0.1, 0.15) is 0 Å². The van der Waals surface area contributed by atoms with Gasteiger partial charge in [-0.25, -0.2) is 0 Å². The summed E-state index contributed by atoms with van der Waals surface area (Å²) in [5, 5.41) is 6.71. The van der Waals surface area contributed by atoms with Crippen molar-refractivity contribution in [1.82, 2.24) is 9.13 Å². The first-order chi connectivity index (χ1) is 17.4. The summed E-state index contributed by atoms with van der Waals surface area (Å²) in [6, 6.07) is 39.0. The van der Waals surface area contributed by atoms with E-state index in [0.717, 1.165) is 0 Å². The molecule has 0 saturated heterocycles. The summed E-state index contributed by atoms with van der Waals surface area (Å²) in [5.41, 5.74) is 7.01. The molecule has 5 aromatic carbocycles. The third-order valence-electron chi connectivity index (χ3n) is 7.33. The summed E-state index contributed by atoms with van der Waals surface area (Å²) in [5.74, 6) is 0. The molecule has 0 fully saturated rings. The number of benzene rings is 3. The zero-order chi connectivity index (χ0) is 23.2. The fourth-order valence-electron chi connectivity index (χ4n) is 5.76. The molecule has 8 rings (SSSR count). The second kappa shape index (κ2) is 11.9. The van der Waals surface area contributed by atoms with Crippen molar-refractivity contribution in [2.45, 2.75) is 19.3 Å². The molecule has 0 atom stereocenters. The number of aromatic nitrogens is 2. The van der Waals surface area contributed by atoms with Crippen LogP contribution in [-0.2, 0) is 39.0 Å². The molecule has 2 nitrogen and oxygen atoms in total. The molecule has 0 aliphatic heterocycles. The molecular formula is C33H26Cl2N2Zr. The maximum absolute atomic E-state index is 2.48. The van der Waals surface area contributed by atoms with E-state index in [0.29, 0.717) is 0 Å². The summed E-state index contributed by atoms with van der Waals surface area (Å²) >= 11 is 0. The van der Waals surface area contributed by atoms with Gasteiger partial charge in [-0.2, -0.15) is 12.1 Å². The molecule has 0 unspecified atom stereocenters. The van der Waals surface area contributed by atoms with E-state index in [2.05, 4.69) is 119 Å². The molecule has 0 saturated carbocycles. The Hall–Kier alpha value is -2.84. The summed E-state index contributed by atoms with van der Waals surface area (Å²) in [4.78, 5) is 0. The molecule has 0 radical (unpaired) electrons. The van der Waals surface area contributed by atoms with Crippen molar-refractivity contribution in [3.63, 3.8) is 0 Å². The Morgan fingerprint density at radius 3 is 2.29 bits per heavy atom. The van der Waals surface area contributed by atoms with Gasteiger partial charge in [0, 0.05) is 29.2 Å². The first kappa shape index (κ1) is 28.2. The molecule has 1 aliphatic rings. The Morgan fingerprint density at radius 2 is 1.45 bits per heavy atom. The number of rotatable bonds is 2. The van der Waals surface area contributed by atoms with Crippen molar-refractivity contribution in [2.75, 3.05) is 0 Å². The van der Waals surface area contributed by atoms with Crippen molar-refractivity contribution >= 4 is 32.4 Å². The molecular weight excluding hydrogens is 587 g/mol. The molecule has 38 heavy (non-hydrogen) atoms. The number of aryl methyl sites for hydroxylation is 1. The maximum atomic E-state index is 2.48. The van der Waals surface area contributed by atoms with Crippen LogP contribution in [0.4, 0.5) is 0 Å². The zero-order valence-electron chi connectivity index (χ0n) is 20.8. The summed E-state index contributed by atoms with van der Waals surface area (Å²) < 4.78 is 4.62. The van der Waals surface area contributed by atoms with E-state index in [1.165, 1.54) is 68.8 Å². The second-order valence-electron chi connectivity index (χ2n) is 9.37. The average molecular weight is 613 g/mol. The minimum absolute atomic E-state index is 0. The van der Waals surface area contributed by atoms with E-state index in [1.807, 2.05) is 12.1 Å². The van der Waals surface area contributed by atoms with Crippen LogP contribution < -0.4 is 24.8 Å². The average Bonchev–Trinajstić information content (AvgIpc) is 3.71. The SMILES string of the molecule is [Cl-].[Cl-].[Zr+4].c1cc(-n2cccc2)c2cc[cH-]c2c1.c1ccc2[cH-]c(-n3c4c(c5ccccc53)CCC4)cc2c1. The van der Waals surface area contributed by atoms with Crippen molar-refractivity contribution in [3.05, 3.63) is 133 Å². The predicted molar refractivity (Wildman–Crippen MR) is 147 cm³/mol. The number of para-hydroxylation sites is 1. The van der Waals surface area contributed by atoms with Crippen LogP contribution in [0.15, 0.2) is 122 Å². The van der Waals surface area contributed by atoms with E-state index in [1.54, 1.807) is 5.56 Å². The predicted octanol–water partition coefficient (Wildman–Crippen LogP) is 2.35. The van der Waals surface area contributed by atoms with Gasteiger partial charge in [0.2, 0.25) is 0 Å². The fraction of sp³-hybridized carbons (Fsp3) is 0.0909. The van der Waals surface area contributed by atoms with E-state index < -0.39 is 0 Å². The van der Waals surface area contributed by atoms with Crippen LogP contribution in [0.2, 0.25) is 0 Å². The van der Waals surface area contributed by atoms with Gasteiger partial charge in [-0.05, 0) is 48.7 Å². The molecule has 2 heterocycles. The standard InChI is InChI=1S/C20H16N.C13H10N.2ClH.Zr/c1-2-7-15-13-16(12-14(15)6-1)21-19-10-4-3-8-17(19)18-9-5-11-20(18)21;1-2-10-14(9-1)13-8-4-6-11-5-3-7-12(11)13;;;/h1-4,6-8,10,12-13H,5,9,11H2;1-10H;2*1H;/q2*-1;;;+4/p-2. The Morgan fingerprint density at radius 1 is 0.684 bits per heavy atom. The van der Waals surface area contributed by atoms with Gasteiger partial charge in [-0.15, -0.1) is 70.1 Å². The van der Waals surface area contributed by atoms with E-state index >= 15 is 0 Å². The second-order valence-corrected chi connectivity index (χ2v) is 9.37. The molecule has 0 N–H and O–H groups in total. The van der Waals surface area contributed by atoms with Gasteiger partial charge in [-0.3, -0.25) is 0 Å². The monoisotopic (exact) mass is 610 g/mol. The van der Waals surface area contributed by atoms with Crippen LogP contribution >= 0.6 is 0 Å². The number of hydrogen-bond donors (Lipinski definition) is 0. The number of nitrogens with zero attached hydrogens (tertiary/aromatic N) is 2. The smallest absolute Gasteiger partial charge is 1.00 e. The molecule has 0 spiro atoms. The Labute approximate surface area is 254 Å². The molecule has 0 bridgehead atoms. The van der Waals surface area contributed by atoms with Crippen molar-refractivity contribution in [1.29, 1.82) is 0 Å². The quantitative estimate of drug-likeness (QED) is 0.266. The van der Waals surface area contributed by atoms with E-state index in [9.17, 15) is 0 Å². The van der Waals surface area contributed by atoms with Crippen LogP contribution in [0.5, 0.6) is 0 Å². The minimum Gasteiger partial charge on any atom is -1.00 e. The van der Waals surface area contributed by atoms with Crippen molar-refractivity contribution < 1.29 is 51.0 Å². The van der Waals surface area contributed by atoms with E-state index in [-0.39, 0.29) is 51.0 Å². The molecule has 7 aromatic rings. The number of halogens is 2. The van der Waals surface area contributed by atoms with Gasteiger partial charge in [-0.1, -0.05) is 30.3 Å². The van der Waals surface area contributed by atoms with Crippen LogP contribution in [-0.4, -0.2) is 9.13 Å². The third kappa shape index (κ3) is 4.84. The number of hydrogen-bond acceptors (Lipinski definition) is 0. The van der Waals surface area contributed by atoms with Gasteiger partial charge in [0.25, 0.3) is 0 Å². The van der Waals surface area contributed by atoms with Gasteiger partial charge >= 0.3 is 26.2 Å². The van der Waals surface area contributed by atoms with Crippen molar-refractivity contribution in [3.8, 4) is 11.4 Å². The topological polar surface area (TPSA) is 9.86 Å². The number of fused-ring (bicyclic) bond motifs is 5. The zero-order valence-corrected chi connectivity index (χ0v) is 24.8. The third-order valence-corrected chi connectivity index (χ3v) is 7.33. The maximum Gasteiger partial charge on any atom is 4.00 e. The van der Waals surface area contributed by atoms with Gasteiger partial charge in [0.05, 0.1) is 5.52 Å². The van der Waals surface area contributed by atoms with Crippen LogP contribution in [0.3, 0.4) is 0 Å². The molecule has 0 amide bonds. The van der Waals surface area contributed by atoms with Crippen LogP contribution in [0.25, 0.3) is 43.8 Å². The van der Waals surface area contributed by atoms with Crippen molar-refractivity contribution in [2.24, 2.45) is 0 Å². The fourth-order valence-corrected chi connectivity index (χ4v) is 5.76. The summed E-state index contributed by atoms with van der Waals surface area (Å²) in [7, 11) is 0. The molecule has 2 aromatic heterocycles. The Balaban J connectivity index is 0.000000175. The normalized spacial score (nSPS) is 11.8. The molecule has 5 heteroatoms. The first-order valence-corrected chi connectivity index (χ1v) is 12.4. The molecule has 1 aliphatic carbocycles. The first-order valence-electron chi connectivity index (χ1n) is 12.4. The van der Waals surface area contributed by atoms with Gasteiger partial charge < -0.3 is 33.9 Å². The summed E-state index contributed by atoms with van der Waals surface area (Å²) in [6.45, 7) is 0. The van der Waals surface area contributed by atoms with Crippen LogP contribution in [0.1, 0.15) is 17.7 Å². The summed E-state index contributed by atoms with van der Waals surface area (Å²) in [6.07, 6.45) is 7.86. The Bertz CT molecular complexity index is 1750. The molecule has 186 valence electrons. The largest absolute Gasteiger partial charge is 4.00 e. The van der Waals surface area contributed by atoms with E-state index in [4.69, 9.17) is 0 Å². The minimum atomic E-state index is 0. The van der Waals surface area contributed by atoms with Gasteiger partial charge in [0.15, 0.2) is 0 Å².